The number of pyridine rings is 1. The highest BCUT2D eigenvalue weighted by molar-refractivity contribution is 6.30. The zero-order valence-corrected chi connectivity index (χ0v) is 15.9. The van der Waals surface area contributed by atoms with Crippen LogP contribution in [0.3, 0.4) is 0 Å². The number of nitrogens with zero attached hydrogens (tertiary/aromatic N) is 2. The Morgan fingerprint density at radius 3 is 2.38 bits per heavy atom. The van der Waals surface area contributed by atoms with Gasteiger partial charge >= 0.3 is 5.97 Å². The summed E-state index contributed by atoms with van der Waals surface area (Å²) in [7, 11) is 0. The van der Waals surface area contributed by atoms with Crippen molar-refractivity contribution in [2.24, 2.45) is 0 Å². The molecule has 1 atom stereocenters. The molecule has 5 nitrogen and oxygen atoms in total. The number of aromatic nitrogens is 1. The molecule has 0 aliphatic carbocycles. The van der Waals surface area contributed by atoms with Crippen LogP contribution in [0, 0.1) is 0 Å². The van der Waals surface area contributed by atoms with E-state index < -0.39 is 6.10 Å². The normalized spacial score (nSPS) is 16.2. The molecule has 26 heavy (non-hydrogen) atoms. The maximum atomic E-state index is 12.3. The number of piperidine rings is 1. The molecule has 1 aromatic heterocycles. The second-order valence-corrected chi connectivity index (χ2v) is 7.04. The summed E-state index contributed by atoms with van der Waals surface area (Å²) in [4.78, 5) is 18.7. The first-order valence-electron chi connectivity index (χ1n) is 8.50. The standard InChI is InChI=1S/C19H20Cl2N2O3/c1-13(25-16-5-2-14(20)3-6-16)19(24)26-17-8-10-23(11-9-17)18-7-4-15(21)12-22-18/h2-7,12-13,17H,8-11H2,1H3. The molecule has 1 aromatic carbocycles. The third kappa shape index (κ3) is 5.02. The van der Waals surface area contributed by atoms with Crippen molar-refractivity contribution in [2.75, 3.05) is 18.0 Å². The minimum absolute atomic E-state index is 0.109. The average Bonchev–Trinajstić information content (AvgIpc) is 2.65. The van der Waals surface area contributed by atoms with E-state index in [1.54, 1.807) is 37.4 Å². The molecule has 1 fully saturated rings. The Balaban J connectivity index is 1.46. The number of esters is 1. The molecular formula is C19H20Cl2N2O3. The van der Waals surface area contributed by atoms with Crippen molar-refractivity contribution >= 4 is 35.0 Å². The highest BCUT2D eigenvalue weighted by Gasteiger charge is 2.26. The lowest BCUT2D eigenvalue weighted by Gasteiger charge is -2.32. The minimum atomic E-state index is -0.674. The van der Waals surface area contributed by atoms with E-state index >= 15 is 0 Å². The first kappa shape index (κ1) is 18.8. The molecule has 7 heteroatoms. The molecule has 1 aliphatic rings. The van der Waals surface area contributed by atoms with Crippen LogP contribution in [0.5, 0.6) is 5.75 Å². The lowest BCUT2D eigenvalue weighted by atomic mass is 10.1. The van der Waals surface area contributed by atoms with Crippen LogP contribution >= 0.6 is 23.2 Å². The van der Waals surface area contributed by atoms with E-state index in [1.165, 1.54) is 0 Å². The molecule has 0 spiro atoms. The molecular weight excluding hydrogens is 375 g/mol. The zero-order chi connectivity index (χ0) is 18.5. The van der Waals surface area contributed by atoms with Gasteiger partial charge in [-0.3, -0.25) is 0 Å². The summed E-state index contributed by atoms with van der Waals surface area (Å²) in [5.74, 6) is 1.11. The zero-order valence-electron chi connectivity index (χ0n) is 14.4. The first-order valence-corrected chi connectivity index (χ1v) is 9.26. The van der Waals surface area contributed by atoms with E-state index in [-0.39, 0.29) is 12.1 Å². The van der Waals surface area contributed by atoms with E-state index in [2.05, 4.69) is 9.88 Å². The highest BCUT2D eigenvalue weighted by Crippen LogP contribution is 2.22. The molecule has 138 valence electrons. The Morgan fingerprint density at radius 1 is 1.12 bits per heavy atom. The van der Waals surface area contributed by atoms with Crippen LogP contribution in [0.15, 0.2) is 42.6 Å². The van der Waals surface area contributed by atoms with Crippen LogP contribution < -0.4 is 9.64 Å². The third-order valence-corrected chi connectivity index (χ3v) is 4.69. The van der Waals surface area contributed by atoms with Gasteiger partial charge in [-0.05, 0) is 43.3 Å². The molecule has 0 bridgehead atoms. The maximum absolute atomic E-state index is 12.3. The average molecular weight is 395 g/mol. The van der Waals surface area contributed by atoms with Crippen molar-refractivity contribution in [2.45, 2.75) is 32.0 Å². The molecule has 0 amide bonds. The Kier molecular flexibility index (Phi) is 6.22. The van der Waals surface area contributed by atoms with Crippen LogP contribution in [0.25, 0.3) is 0 Å². The quantitative estimate of drug-likeness (QED) is 0.704. The molecule has 0 N–H and O–H groups in total. The van der Waals surface area contributed by atoms with Gasteiger partial charge in [0.25, 0.3) is 0 Å². The van der Waals surface area contributed by atoms with E-state index in [0.717, 1.165) is 31.7 Å². The molecule has 2 heterocycles. The van der Waals surface area contributed by atoms with Gasteiger partial charge in [-0.25, -0.2) is 9.78 Å². The fraction of sp³-hybridized carbons (Fsp3) is 0.368. The number of benzene rings is 1. The second kappa shape index (κ2) is 8.60. The van der Waals surface area contributed by atoms with Crippen molar-refractivity contribution in [1.29, 1.82) is 0 Å². The van der Waals surface area contributed by atoms with Gasteiger partial charge in [-0.2, -0.15) is 0 Å². The smallest absolute Gasteiger partial charge is 0.347 e. The number of carbonyl (C=O) groups excluding carboxylic acids is 1. The van der Waals surface area contributed by atoms with E-state index in [1.807, 2.05) is 12.1 Å². The predicted molar refractivity (Wildman–Crippen MR) is 102 cm³/mol. The number of ether oxygens (including phenoxy) is 2. The van der Waals surface area contributed by atoms with E-state index in [9.17, 15) is 4.79 Å². The van der Waals surface area contributed by atoms with Crippen LogP contribution in [0.4, 0.5) is 5.82 Å². The first-order chi connectivity index (χ1) is 12.5. The van der Waals surface area contributed by atoms with Crippen LogP contribution in [0.1, 0.15) is 19.8 Å². The van der Waals surface area contributed by atoms with Crippen LogP contribution in [0.2, 0.25) is 10.0 Å². The summed E-state index contributed by atoms with van der Waals surface area (Å²) in [6.45, 7) is 3.24. The van der Waals surface area contributed by atoms with Crippen LogP contribution in [-0.4, -0.2) is 36.3 Å². The minimum Gasteiger partial charge on any atom is -0.479 e. The van der Waals surface area contributed by atoms with Gasteiger partial charge in [-0.1, -0.05) is 23.2 Å². The topological polar surface area (TPSA) is 51.7 Å². The summed E-state index contributed by atoms with van der Waals surface area (Å²) in [6, 6.07) is 10.6. The molecule has 2 aromatic rings. The van der Waals surface area contributed by atoms with Crippen molar-refractivity contribution in [1.82, 2.24) is 4.98 Å². The molecule has 1 saturated heterocycles. The van der Waals surface area contributed by atoms with Gasteiger partial charge in [0, 0.05) is 37.2 Å². The number of hydrogen-bond acceptors (Lipinski definition) is 5. The number of anilines is 1. The van der Waals surface area contributed by atoms with Gasteiger partial charge in [0.15, 0.2) is 6.10 Å². The fourth-order valence-electron chi connectivity index (χ4n) is 2.78. The fourth-order valence-corrected chi connectivity index (χ4v) is 3.02. The van der Waals surface area contributed by atoms with Crippen LogP contribution in [-0.2, 0) is 9.53 Å². The summed E-state index contributed by atoms with van der Waals surface area (Å²) < 4.78 is 11.2. The monoisotopic (exact) mass is 394 g/mol. The lowest BCUT2D eigenvalue weighted by Crippen LogP contribution is -2.40. The summed E-state index contributed by atoms with van der Waals surface area (Å²) >= 11 is 11.7. The summed E-state index contributed by atoms with van der Waals surface area (Å²) in [6.07, 6.45) is 2.36. The maximum Gasteiger partial charge on any atom is 0.347 e. The Hall–Kier alpha value is -1.98. The van der Waals surface area contributed by atoms with E-state index in [0.29, 0.717) is 15.8 Å². The summed E-state index contributed by atoms with van der Waals surface area (Å²) in [5, 5.41) is 1.24. The van der Waals surface area contributed by atoms with Gasteiger partial charge in [0.1, 0.15) is 17.7 Å². The largest absolute Gasteiger partial charge is 0.479 e. The number of carbonyl (C=O) groups is 1. The highest BCUT2D eigenvalue weighted by atomic mass is 35.5. The van der Waals surface area contributed by atoms with Gasteiger partial charge < -0.3 is 14.4 Å². The third-order valence-electron chi connectivity index (χ3n) is 4.22. The van der Waals surface area contributed by atoms with Crippen molar-refractivity contribution in [3.05, 3.63) is 52.6 Å². The molecule has 3 rings (SSSR count). The Morgan fingerprint density at radius 2 is 1.77 bits per heavy atom. The molecule has 0 radical (unpaired) electrons. The number of halogens is 2. The molecule has 0 saturated carbocycles. The Labute approximate surface area is 162 Å². The van der Waals surface area contributed by atoms with Crippen molar-refractivity contribution < 1.29 is 14.3 Å². The van der Waals surface area contributed by atoms with E-state index in [4.69, 9.17) is 32.7 Å². The van der Waals surface area contributed by atoms with Gasteiger partial charge in [-0.15, -0.1) is 0 Å². The second-order valence-electron chi connectivity index (χ2n) is 6.17. The summed E-state index contributed by atoms with van der Waals surface area (Å²) in [5.41, 5.74) is 0. The lowest BCUT2D eigenvalue weighted by molar-refractivity contribution is -0.157. The Bertz CT molecular complexity index is 729. The van der Waals surface area contributed by atoms with Crippen molar-refractivity contribution in [3.63, 3.8) is 0 Å². The molecule has 1 aliphatic heterocycles. The van der Waals surface area contributed by atoms with Gasteiger partial charge in [0.2, 0.25) is 0 Å². The van der Waals surface area contributed by atoms with Gasteiger partial charge in [0.05, 0.1) is 5.02 Å². The SMILES string of the molecule is CC(Oc1ccc(Cl)cc1)C(=O)OC1CCN(c2ccc(Cl)cn2)CC1. The number of rotatable bonds is 5. The number of hydrogen-bond donors (Lipinski definition) is 0. The predicted octanol–water partition coefficient (Wildman–Crippen LogP) is 4.37. The molecule has 1 unspecified atom stereocenters. The van der Waals surface area contributed by atoms with Crippen molar-refractivity contribution in [3.8, 4) is 5.75 Å².